The second kappa shape index (κ2) is 14.1. The lowest BCUT2D eigenvalue weighted by Crippen LogP contribution is -2.55. The van der Waals surface area contributed by atoms with Crippen LogP contribution in [0, 0.1) is 13.8 Å². The zero-order valence-electron chi connectivity index (χ0n) is 22.7. The van der Waals surface area contributed by atoms with Crippen LogP contribution in [-0.2, 0) is 14.3 Å². The molecule has 1 aromatic carbocycles. The van der Waals surface area contributed by atoms with Gasteiger partial charge in [-0.15, -0.1) is 0 Å². The number of aliphatic hydroxyl groups excluding tert-OH is 1. The average Bonchev–Trinajstić information content (AvgIpc) is 2.73. The lowest BCUT2D eigenvalue weighted by molar-refractivity contribution is -0.143. The van der Waals surface area contributed by atoms with Gasteiger partial charge in [-0.2, -0.15) is 0 Å². The van der Waals surface area contributed by atoms with Crippen LogP contribution < -0.4 is 10.6 Å². The third-order valence-corrected chi connectivity index (χ3v) is 5.42. The summed E-state index contributed by atoms with van der Waals surface area (Å²) in [6.45, 7) is 14.6. The Hall–Kier alpha value is -2.61. The van der Waals surface area contributed by atoms with Crippen molar-refractivity contribution < 1.29 is 24.2 Å². The SMILES string of the molecule is CCCCCCN(C(=O)C(CO)NC(=O)OC(C)(C)C)C(C(=O)NC(C)C)c1ccc(C)cc1C. The molecule has 3 amide bonds. The standard InChI is InChI=1S/C27H45N3O5/c1-9-10-11-12-15-30(25(33)22(17-31)29-26(34)35-27(6,7)8)23(24(32)28-18(2)3)21-14-13-19(4)16-20(21)5/h13-14,16,18,22-23,31H,9-12,15,17H2,1-8H3,(H,28,32)(H,29,34). The third kappa shape index (κ3) is 10.3. The summed E-state index contributed by atoms with van der Waals surface area (Å²) < 4.78 is 5.28. The first-order chi connectivity index (χ1) is 16.3. The molecule has 1 aromatic rings. The van der Waals surface area contributed by atoms with E-state index in [9.17, 15) is 19.5 Å². The van der Waals surface area contributed by atoms with Crippen LogP contribution in [0.4, 0.5) is 4.79 Å². The summed E-state index contributed by atoms with van der Waals surface area (Å²) in [4.78, 5) is 41.1. The second-order valence-electron chi connectivity index (χ2n) is 10.4. The topological polar surface area (TPSA) is 108 Å². The molecule has 8 nitrogen and oxygen atoms in total. The Balaban J connectivity index is 3.43. The molecule has 0 heterocycles. The Labute approximate surface area is 210 Å². The zero-order chi connectivity index (χ0) is 26.8. The summed E-state index contributed by atoms with van der Waals surface area (Å²) in [6.07, 6.45) is 2.83. The number of carbonyl (C=O) groups excluding carboxylic acids is 3. The molecular formula is C27H45N3O5. The highest BCUT2D eigenvalue weighted by atomic mass is 16.6. The van der Waals surface area contributed by atoms with Gasteiger partial charge in [0.2, 0.25) is 11.8 Å². The summed E-state index contributed by atoms with van der Waals surface area (Å²) in [5.74, 6) is -0.830. The number of ether oxygens (including phenoxy) is 1. The molecule has 0 spiro atoms. The molecule has 2 atom stereocenters. The Morgan fingerprint density at radius 1 is 1.06 bits per heavy atom. The van der Waals surface area contributed by atoms with Crippen LogP contribution in [-0.4, -0.2) is 58.8 Å². The second-order valence-corrected chi connectivity index (χ2v) is 10.4. The minimum absolute atomic E-state index is 0.124. The van der Waals surface area contributed by atoms with Crippen LogP contribution in [0.1, 0.15) is 90.0 Å². The van der Waals surface area contributed by atoms with Crippen LogP contribution in [0.2, 0.25) is 0 Å². The molecular weight excluding hydrogens is 446 g/mol. The number of hydrogen-bond donors (Lipinski definition) is 3. The van der Waals surface area contributed by atoms with Crippen LogP contribution in [0.25, 0.3) is 0 Å². The van der Waals surface area contributed by atoms with Gasteiger partial charge in [-0.3, -0.25) is 9.59 Å². The molecule has 35 heavy (non-hydrogen) atoms. The number of amides is 3. The summed E-state index contributed by atoms with van der Waals surface area (Å²) in [5, 5.41) is 15.4. The number of unbranched alkanes of at least 4 members (excludes halogenated alkanes) is 3. The van der Waals surface area contributed by atoms with E-state index in [-0.39, 0.29) is 11.9 Å². The Kier molecular flexibility index (Phi) is 12.2. The van der Waals surface area contributed by atoms with Crippen molar-refractivity contribution in [2.45, 2.75) is 105 Å². The molecule has 3 N–H and O–H groups in total. The van der Waals surface area contributed by atoms with Crippen molar-refractivity contribution >= 4 is 17.9 Å². The van der Waals surface area contributed by atoms with E-state index in [0.29, 0.717) is 18.5 Å². The van der Waals surface area contributed by atoms with Gasteiger partial charge in [-0.25, -0.2) is 4.79 Å². The number of carbonyl (C=O) groups is 3. The lowest BCUT2D eigenvalue weighted by Gasteiger charge is -2.35. The van der Waals surface area contributed by atoms with Gasteiger partial charge in [-0.1, -0.05) is 49.9 Å². The molecule has 0 radical (unpaired) electrons. The number of hydrogen-bond acceptors (Lipinski definition) is 5. The van der Waals surface area contributed by atoms with E-state index < -0.39 is 36.3 Å². The van der Waals surface area contributed by atoms with Crippen molar-refractivity contribution in [1.82, 2.24) is 15.5 Å². The van der Waals surface area contributed by atoms with Crippen molar-refractivity contribution in [1.29, 1.82) is 0 Å². The van der Waals surface area contributed by atoms with E-state index in [1.54, 1.807) is 20.8 Å². The van der Waals surface area contributed by atoms with Crippen LogP contribution in [0.3, 0.4) is 0 Å². The van der Waals surface area contributed by atoms with E-state index in [1.807, 2.05) is 45.9 Å². The lowest BCUT2D eigenvalue weighted by atomic mass is 9.96. The third-order valence-electron chi connectivity index (χ3n) is 5.42. The minimum atomic E-state index is -1.24. The van der Waals surface area contributed by atoms with Crippen LogP contribution in [0.15, 0.2) is 18.2 Å². The summed E-state index contributed by atoms with van der Waals surface area (Å²) in [6, 6.07) is 3.50. The molecule has 0 bridgehead atoms. The van der Waals surface area contributed by atoms with E-state index >= 15 is 0 Å². The van der Waals surface area contributed by atoms with E-state index in [4.69, 9.17) is 4.74 Å². The molecule has 0 fully saturated rings. The molecule has 0 aliphatic heterocycles. The fourth-order valence-corrected chi connectivity index (χ4v) is 3.86. The molecule has 0 aliphatic carbocycles. The van der Waals surface area contributed by atoms with Crippen LogP contribution in [0.5, 0.6) is 0 Å². The molecule has 198 valence electrons. The van der Waals surface area contributed by atoms with Gasteiger partial charge in [0.25, 0.3) is 0 Å². The Morgan fingerprint density at radius 3 is 2.23 bits per heavy atom. The van der Waals surface area contributed by atoms with E-state index in [1.165, 1.54) is 4.90 Å². The number of aryl methyl sites for hydroxylation is 2. The van der Waals surface area contributed by atoms with Gasteiger partial charge in [0.1, 0.15) is 17.7 Å². The molecule has 1 rings (SSSR count). The number of aliphatic hydroxyl groups is 1. The minimum Gasteiger partial charge on any atom is -0.444 e. The molecule has 2 unspecified atom stereocenters. The van der Waals surface area contributed by atoms with Gasteiger partial charge >= 0.3 is 6.09 Å². The summed E-state index contributed by atoms with van der Waals surface area (Å²) in [7, 11) is 0. The molecule has 0 saturated carbocycles. The normalized spacial score (nSPS) is 13.2. The predicted molar refractivity (Wildman–Crippen MR) is 138 cm³/mol. The van der Waals surface area contributed by atoms with Gasteiger partial charge in [0, 0.05) is 12.6 Å². The summed E-state index contributed by atoms with van der Waals surface area (Å²) >= 11 is 0. The monoisotopic (exact) mass is 491 g/mol. The maximum Gasteiger partial charge on any atom is 0.408 e. The van der Waals surface area contributed by atoms with Crippen LogP contribution >= 0.6 is 0 Å². The fourth-order valence-electron chi connectivity index (χ4n) is 3.86. The van der Waals surface area contributed by atoms with Crippen molar-refractivity contribution in [3.05, 3.63) is 34.9 Å². The quantitative estimate of drug-likeness (QED) is 0.381. The predicted octanol–water partition coefficient (Wildman–Crippen LogP) is 4.16. The van der Waals surface area contributed by atoms with E-state index in [2.05, 4.69) is 17.6 Å². The maximum atomic E-state index is 13.7. The van der Waals surface area contributed by atoms with Crippen molar-refractivity contribution in [2.24, 2.45) is 0 Å². The Morgan fingerprint density at radius 2 is 1.71 bits per heavy atom. The first kappa shape index (κ1) is 30.4. The number of nitrogens with zero attached hydrogens (tertiary/aromatic N) is 1. The Bertz CT molecular complexity index is 848. The van der Waals surface area contributed by atoms with Gasteiger partial charge in [-0.05, 0) is 66.0 Å². The molecule has 0 saturated heterocycles. The largest absolute Gasteiger partial charge is 0.444 e. The highest BCUT2D eigenvalue weighted by molar-refractivity contribution is 5.92. The first-order valence-corrected chi connectivity index (χ1v) is 12.6. The van der Waals surface area contributed by atoms with Crippen molar-refractivity contribution in [3.63, 3.8) is 0 Å². The number of rotatable bonds is 12. The van der Waals surface area contributed by atoms with Gasteiger partial charge in [0.05, 0.1) is 6.61 Å². The zero-order valence-corrected chi connectivity index (χ0v) is 22.7. The smallest absolute Gasteiger partial charge is 0.408 e. The highest BCUT2D eigenvalue weighted by Gasteiger charge is 2.36. The first-order valence-electron chi connectivity index (χ1n) is 12.6. The van der Waals surface area contributed by atoms with Crippen molar-refractivity contribution in [2.75, 3.05) is 13.2 Å². The van der Waals surface area contributed by atoms with E-state index in [0.717, 1.165) is 30.4 Å². The fraction of sp³-hybridized carbons (Fsp3) is 0.667. The molecule has 0 aliphatic rings. The number of nitrogens with one attached hydrogen (secondary N) is 2. The summed E-state index contributed by atoms with van der Waals surface area (Å²) in [5.41, 5.74) is 1.90. The number of benzene rings is 1. The maximum absolute atomic E-state index is 13.7. The molecule has 0 aromatic heterocycles. The van der Waals surface area contributed by atoms with Gasteiger partial charge < -0.3 is 25.4 Å². The highest BCUT2D eigenvalue weighted by Crippen LogP contribution is 2.27. The van der Waals surface area contributed by atoms with Gasteiger partial charge in [0.15, 0.2) is 0 Å². The molecule has 8 heteroatoms. The number of alkyl carbamates (subject to hydrolysis) is 1. The van der Waals surface area contributed by atoms with Crippen molar-refractivity contribution in [3.8, 4) is 0 Å². The average molecular weight is 492 g/mol.